The highest BCUT2D eigenvalue weighted by atomic mass is 16.6. The number of methoxy groups -OCH3 is 2. The van der Waals surface area contributed by atoms with Crippen molar-refractivity contribution in [2.75, 3.05) is 53.4 Å². The lowest BCUT2D eigenvalue weighted by atomic mass is 10.1. The lowest BCUT2D eigenvalue weighted by molar-refractivity contribution is 0.0765. The molecule has 0 bridgehead atoms. The van der Waals surface area contributed by atoms with Crippen molar-refractivity contribution < 1.29 is 33.4 Å². The van der Waals surface area contributed by atoms with Crippen molar-refractivity contribution >= 4 is 35.2 Å². The third-order valence-electron chi connectivity index (χ3n) is 8.37. The number of carbonyl (C=O) groups excluding carboxylic acids is 2. The van der Waals surface area contributed by atoms with E-state index in [0.717, 1.165) is 36.8 Å². The summed E-state index contributed by atoms with van der Waals surface area (Å²) in [5.41, 5.74) is 15.8. The summed E-state index contributed by atoms with van der Waals surface area (Å²) in [7, 11) is 4.45. The van der Waals surface area contributed by atoms with E-state index in [1.54, 1.807) is 41.2 Å². The number of hydrogen-bond acceptors (Lipinski definition) is 10. The lowest BCUT2D eigenvalue weighted by Gasteiger charge is -2.24. The first-order valence-electron chi connectivity index (χ1n) is 15.5. The largest absolute Gasteiger partial charge is 0.493 e. The fourth-order valence-corrected chi connectivity index (χ4v) is 5.98. The van der Waals surface area contributed by atoms with Crippen LogP contribution in [-0.4, -0.2) is 93.4 Å². The molecule has 3 aliphatic heterocycles. The topological polar surface area (TPSA) is 164 Å². The molecule has 0 aliphatic carbocycles. The standard InChI is InChI=1S/C34H42N6O7/c1-20-11-22-17-37-26-16-31(29(44-4)14-24(26)34(42)39(22)18-20)47-10-8-6-7-9-46-30-15-25(35)23(13-28(30)43-3)33(41)40-19-21(2)12-27(40)32(36)38-45-5/h13-17,22,27H,1-2,6-12,18-19,35H2,3-5H3,(H2,36,38)/t22-,27-/m0/s1. The maximum absolute atomic E-state index is 13.5. The van der Waals surface area contributed by atoms with Gasteiger partial charge in [0.1, 0.15) is 7.11 Å². The predicted octanol–water partition coefficient (Wildman–Crippen LogP) is 4.09. The number of amides is 2. The van der Waals surface area contributed by atoms with Crippen LogP contribution in [-0.2, 0) is 4.84 Å². The van der Waals surface area contributed by atoms with Crippen molar-refractivity contribution in [2.24, 2.45) is 15.9 Å². The Bertz CT molecular complexity index is 1620. The first kappa shape index (κ1) is 33.2. The van der Waals surface area contributed by atoms with Gasteiger partial charge in [0, 0.05) is 37.1 Å². The van der Waals surface area contributed by atoms with Crippen LogP contribution in [0.5, 0.6) is 23.0 Å². The summed E-state index contributed by atoms with van der Waals surface area (Å²) in [5, 5.41) is 3.80. The normalized spacial score (nSPS) is 19.0. The molecule has 2 atom stereocenters. The predicted molar refractivity (Wildman–Crippen MR) is 179 cm³/mol. The van der Waals surface area contributed by atoms with Gasteiger partial charge >= 0.3 is 0 Å². The fourth-order valence-electron chi connectivity index (χ4n) is 5.98. The molecule has 5 rings (SSSR count). The number of rotatable bonds is 13. The molecule has 0 saturated carbocycles. The SMILES string of the molecule is C=C1C[C@H]2C=Nc3cc(OCCCCCOc4cc(N)c(C(=O)N5CC(=C)C[C@H]5/C(N)=N/OC)cc4OC)c(OC)cc3C(=O)N2C1. The van der Waals surface area contributed by atoms with Gasteiger partial charge in [-0.15, -0.1) is 0 Å². The van der Waals surface area contributed by atoms with Crippen LogP contribution in [0.15, 0.2) is 58.7 Å². The molecular formula is C34H42N6O7. The van der Waals surface area contributed by atoms with Crippen molar-refractivity contribution in [1.82, 2.24) is 9.80 Å². The number of benzene rings is 2. The second kappa shape index (κ2) is 14.5. The molecule has 3 aliphatic rings. The Kier molecular flexibility index (Phi) is 10.2. The molecule has 250 valence electrons. The number of fused-ring (bicyclic) bond motifs is 2. The molecular weight excluding hydrogens is 604 g/mol. The molecule has 0 spiro atoms. The van der Waals surface area contributed by atoms with Crippen LogP contribution >= 0.6 is 0 Å². The molecule has 47 heavy (non-hydrogen) atoms. The summed E-state index contributed by atoms with van der Waals surface area (Å²) in [6.07, 6.45) is 5.34. The van der Waals surface area contributed by atoms with Crippen molar-refractivity contribution in [3.05, 3.63) is 59.7 Å². The summed E-state index contributed by atoms with van der Waals surface area (Å²) in [5.74, 6) is 1.63. The lowest BCUT2D eigenvalue weighted by Crippen LogP contribution is -2.44. The number of nitrogens with zero attached hydrogens (tertiary/aromatic N) is 4. The maximum atomic E-state index is 13.5. The Balaban J connectivity index is 1.13. The van der Waals surface area contributed by atoms with E-state index in [4.69, 9.17) is 35.3 Å². The monoisotopic (exact) mass is 646 g/mol. The second-order valence-corrected chi connectivity index (χ2v) is 11.7. The molecule has 0 aromatic heterocycles. The van der Waals surface area contributed by atoms with Crippen LogP contribution in [0.4, 0.5) is 11.4 Å². The third-order valence-corrected chi connectivity index (χ3v) is 8.37. The highest BCUT2D eigenvalue weighted by Gasteiger charge is 2.36. The third kappa shape index (κ3) is 7.13. The Morgan fingerprint density at radius 1 is 0.936 bits per heavy atom. The molecule has 0 radical (unpaired) electrons. The number of carbonyl (C=O) groups is 2. The highest BCUT2D eigenvalue weighted by Crippen LogP contribution is 2.39. The zero-order valence-electron chi connectivity index (χ0n) is 27.1. The minimum absolute atomic E-state index is 0.0816. The number of nitrogens with two attached hydrogens (primary N) is 2. The average molecular weight is 647 g/mol. The molecule has 2 aromatic rings. The van der Waals surface area contributed by atoms with E-state index in [2.05, 4.69) is 23.3 Å². The zero-order valence-corrected chi connectivity index (χ0v) is 27.1. The van der Waals surface area contributed by atoms with Gasteiger partial charge in [0.25, 0.3) is 11.8 Å². The van der Waals surface area contributed by atoms with E-state index >= 15 is 0 Å². The Hall–Kier alpha value is -5.20. The molecule has 2 amide bonds. The first-order valence-corrected chi connectivity index (χ1v) is 15.5. The minimum atomic E-state index is -0.477. The van der Waals surface area contributed by atoms with E-state index < -0.39 is 6.04 Å². The van der Waals surface area contributed by atoms with Gasteiger partial charge in [-0.25, -0.2) is 0 Å². The van der Waals surface area contributed by atoms with Gasteiger partial charge in [0.2, 0.25) is 0 Å². The maximum Gasteiger partial charge on any atom is 0.257 e. The number of hydrogen-bond donors (Lipinski definition) is 2. The number of unbranched alkanes of at least 4 members (excludes halogenated alkanes) is 2. The van der Waals surface area contributed by atoms with E-state index in [1.807, 2.05) is 6.21 Å². The Morgan fingerprint density at radius 2 is 1.60 bits per heavy atom. The molecule has 3 heterocycles. The molecule has 13 nitrogen and oxygen atoms in total. The Morgan fingerprint density at radius 3 is 2.28 bits per heavy atom. The van der Waals surface area contributed by atoms with Crippen molar-refractivity contribution in [3.63, 3.8) is 0 Å². The molecule has 4 N–H and O–H groups in total. The van der Waals surface area contributed by atoms with Gasteiger partial charge in [-0.1, -0.05) is 29.5 Å². The van der Waals surface area contributed by atoms with E-state index in [0.29, 0.717) is 67.0 Å². The Labute approximate surface area is 274 Å². The average Bonchev–Trinajstić information content (AvgIpc) is 3.61. The summed E-state index contributed by atoms with van der Waals surface area (Å²) < 4.78 is 23.1. The number of aliphatic imine (C=N–C) groups is 1. The number of amidine groups is 1. The van der Waals surface area contributed by atoms with Gasteiger partial charge in [-0.3, -0.25) is 14.6 Å². The number of nitrogen functional groups attached to an aromatic ring is 1. The van der Waals surface area contributed by atoms with Crippen LogP contribution < -0.4 is 30.4 Å². The van der Waals surface area contributed by atoms with Crippen LogP contribution in [0, 0.1) is 0 Å². The minimum Gasteiger partial charge on any atom is -0.493 e. The van der Waals surface area contributed by atoms with Gasteiger partial charge in [-0.05, 0) is 44.2 Å². The number of anilines is 1. The summed E-state index contributed by atoms with van der Waals surface area (Å²) in [6, 6.07) is 6.08. The molecule has 13 heteroatoms. The fraction of sp³-hybridized carbons (Fsp3) is 0.412. The second-order valence-electron chi connectivity index (χ2n) is 11.7. The van der Waals surface area contributed by atoms with E-state index in [9.17, 15) is 9.59 Å². The summed E-state index contributed by atoms with van der Waals surface area (Å²) >= 11 is 0. The summed E-state index contributed by atoms with van der Waals surface area (Å²) in [4.78, 5) is 39.4. The van der Waals surface area contributed by atoms with Crippen LogP contribution in [0.3, 0.4) is 0 Å². The van der Waals surface area contributed by atoms with E-state index in [1.165, 1.54) is 14.2 Å². The number of oxime groups is 1. The van der Waals surface area contributed by atoms with Crippen LogP contribution in [0.25, 0.3) is 0 Å². The van der Waals surface area contributed by atoms with Gasteiger partial charge < -0.3 is 45.1 Å². The van der Waals surface area contributed by atoms with Crippen LogP contribution in [0.2, 0.25) is 0 Å². The summed E-state index contributed by atoms with van der Waals surface area (Å²) in [6.45, 7) is 9.74. The zero-order chi connectivity index (χ0) is 33.7. The van der Waals surface area contributed by atoms with Gasteiger partial charge in [0.15, 0.2) is 28.8 Å². The molecule has 2 aromatic carbocycles. The van der Waals surface area contributed by atoms with Gasteiger partial charge in [-0.2, -0.15) is 0 Å². The van der Waals surface area contributed by atoms with Crippen LogP contribution in [0.1, 0.15) is 52.8 Å². The smallest absolute Gasteiger partial charge is 0.257 e. The molecule has 0 unspecified atom stereocenters. The quantitative estimate of drug-likeness (QED) is 0.0815. The molecule has 2 fully saturated rings. The first-order chi connectivity index (χ1) is 22.6. The highest BCUT2D eigenvalue weighted by molar-refractivity contribution is 6.04. The van der Waals surface area contributed by atoms with Crippen molar-refractivity contribution in [1.29, 1.82) is 0 Å². The number of likely N-dealkylation sites (tertiary alicyclic amines) is 1. The molecule has 2 saturated heterocycles. The van der Waals surface area contributed by atoms with Crippen molar-refractivity contribution in [2.45, 2.75) is 44.2 Å². The van der Waals surface area contributed by atoms with E-state index in [-0.39, 0.29) is 34.9 Å². The van der Waals surface area contributed by atoms with Gasteiger partial charge in [0.05, 0.1) is 56.3 Å². The van der Waals surface area contributed by atoms with Crippen molar-refractivity contribution in [3.8, 4) is 23.0 Å². The number of ether oxygens (including phenoxy) is 4.